The van der Waals surface area contributed by atoms with Crippen molar-refractivity contribution in [1.82, 2.24) is 9.88 Å². The predicted octanol–water partition coefficient (Wildman–Crippen LogP) is 5.68. The zero-order chi connectivity index (χ0) is 23.3. The van der Waals surface area contributed by atoms with Crippen LogP contribution in [0.1, 0.15) is 46.2 Å². The monoisotopic (exact) mass is 463 g/mol. The van der Waals surface area contributed by atoms with Crippen molar-refractivity contribution in [3.63, 3.8) is 0 Å². The zero-order valence-electron chi connectivity index (χ0n) is 18.4. The molecule has 168 valence electrons. The van der Waals surface area contributed by atoms with Crippen molar-refractivity contribution in [1.29, 1.82) is 0 Å². The molecule has 5 nitrogen and oxygen atoms in total. The molecule has 3 heterocycles. The highest BCUT2D eigenvalue weighted by atomic mass is 35.5. The average Bonchev–Trinajstić information content (AvgIpc) is 3.21. The van der Waals surface area contributed by atoms with Gasteiger partial charge in [0.05, 0.1) is 11.1 Å². The predicted molar refractivity (Wildman–Crippen MR) is 129 cm³/mol. The Hall–Kier alpha value is -3.38. The number of amides is 2. The van der Waals surface area contributed by atoms with Crippen molar-refractivity contribution in [3.05, 3.63) is 75.3 Å². The molecule has 0 aliphatic carbocycles. The smallest absolute Gasteiger partial charge is 0.256 e. The minimum absolute atomic E-state index is 0.0172. The molecule has 5 rings (SSSR count). The number of benzene rings is 2. The van der Waals surface area contributed by atoms with Crippen LogP contribution in [0, 0.1) is 12.7 Å². The molecule has 3 aromatic rings. The first-order valence-electron chi connectivity index (χ1n) is 11.0. The number of rotatable bonds is 3. The fraction of sp³-hybridized carbons (Fsp3) is 0.231. The van der Waals surface area contributed by atoms with Crippen LogP contribution in [0.3, 0.4) is 0 Å². The number of carbonyl (C=O) groups is 2. The quantitative estimate of drug-likeness (QED) is 0.490. The Balaban J connectivity index is 1.65. The summed E-state index contributed by atoms with van der Waals surface area (Å²) in [5.74, 6) is -0.705. The molecular weight excluding hydrogens is 441 g/mol. The van der Waals surface area contributed by atoms with Crippen molar-refractivity contribution in [2.24, 2.45) is 0 Å². The topological polar surface area (TPSA) is 65.2 Å². The molecule has 2 N–H and O–H groups in total. The lowest BCUT2D eigenvalue weighted by Gasteiger charge is -2.18. The Morgan fingerprint density at radius 1 is 1.15 bits per heavy atom. The second-order valence-electron chi connectivity index (χ2n) is 8.37. The number of carbonyl (C=O) groups excluding carboxylic acids is 2. The van der Waals surface area contributed by atoms with Gasteiger partial charge in [-0.2, -0.15) is 0 Å². The summed E-state index contributed by atoms with van der Waals surface area (Å²) in [4.78, 5) is 31.2. The van der Waals surface area contributed by atoms with E-state index < -0.39 is 5.82 Å². The van der Waals surface area contributed by atoms with Gasteiger partial charge in [-0.25, -0.2) is 4.39 Å². The van der Waals surface area contributed by atoms with Gasteiger partial charge in [-0.05, 0) is 68.2 Å². The zero-order valence-corrected chi connectivity index (χ0v) is 19.1. The van der Waals surface area contributed by atoms with Crippen molar-refractivity contribution in [3.8, 4) is 11.1 Å². The Kier molecular flexibility index (Phi) is 5.33. The Morgan fingerprint density at radius 2 is 1.97 bits per heavy atom. The van der Waals surface area contributed by atoms with E-state index in [0.717, 1.165) is 36.3 Å². The number of aromatic nitrogens is 1. The van der Waals surface area contributed by atoms with Gasteiger partial charge in [0.25, 0.3) is 11.8 Å². The fourth-order valence-corrected chi connectivity index (χ4v) is 4.93. The molecule has 0 radical (unpaired) electrons. The Labute approximate surface area is 196 Å². The molecular formula is C26H23ClFN3O2. The highest BCUT2D eigenvalue weighted by Crippen LogP contribution is 2.42. The summed E-state index contributed by atoms with van der Waals surface area (Å²) in [6, 6.07) is 9.88. The van der Waals surface area contributed by atoms with Crippen molar-refractivity contribution < 1.29 is 14.0 Å². The van der Waals surface area contributed by atoms with Crippen LogP contribution in [0.4, 0.5) is 10.1 Å². The van der Waals surface area contributed by atoms with E-state index in [1.165, 1.54) is 6.07 Å². The number of H-pyrrole nitrogens is 1. The lowest BCUT2D eigenvalue weighted by atomic mass is 9.93. The first-order valence-corrected chi connectivity index (χ1v) is 11.4. The largest absolute Gasteiger partial charge is 0.358 e. The van der Waals surface area contributed by atoms with Gasteiger partial charge < -0.3 is 15.2 Å². The van der Waals surface area contributed by atoms with Gasteiger partial charge in [-0.1, -0.05) is 23.7 Å². The van der Waals surface area contributed by atoms with Crippen molar-refractivity contribution in [2.75, 3.05) is 18.4 Å². The molecule has 2 aliphatic rings. The molecule has 0 bridgehead atoms. The van der Waals surface area contributed by atoms with Gasteiger partial charge in [-0.15, -0.1) is 0 Å². The number of aromatic amines is 1. The van der Waals surface area contributed by atoms with Crippen LogP contribution in [0.5, 0.6) is 0 Å². The SMILES string of the molecule is CCN1CCCc2[nH]c(/C=C3\C(=O)Nc4cccc(-c5ccc(Cl)cc5F)c43)c(C)c2C1=O. The second kappa shape index (κ2) is 8.19. The molecule has 0 saturated heterocycles. The fourth-order valence-electron chi connectivity index (χ4n) is 4.77. The van der Waals surface area contributed by atoms with E-state index in [4.69, 9.17) is 11.6 Å². The van der Waals surface area contributed by atoms with E-state index in [9.17, 15) is 14.0 Å². The second-order valence-corrected chi connectivity index (χ2v) is 8.81. The highest BCUT2D eigenvalue weighted by molar-refractivity contribution is 6.36. The third kappa shape index (κ3) is 3.55. The maximum atomic E-state index is 14.8. The molecule has 0 fully saturated rings. The van der Waals surface area contributed by atoms with Gasteiger partial charge in [0, 0.05) is 46.3 Å². The summed E-state index contributed by atoms with van der Waals surface area (Å²) in [5.41, 5.74) is 5.78. The van der Waals surface area contributed by atoms with E-state index in [1.807, 2.05) is 18.7 Å². The first kappa shape index (κ1) is 21.5. The van der Waals surface area contributed by atoms with E-state index >= 15 is 0 Å². The molecule has 0 spiro atoms. The third-order valence-electron chi connectivity index (χ3n) is 6.44. The number of hydrogen-bond acceptors (Lipinski definition) is 2. The Bertz CT molecular complexity index is 1340. The molecule has 0 atom stereocenters. The van der Waals surface area contributed by atoms with Crippen molar-refractivity contribution in [2.45, 2.75) is 26.7 Å². The third-order valence-corrected chi connectivity index (χ3v) is 6.68. The van der Waals surface area contributed by atoms with Crippen LogP contribution in [0.15, 0.2) is 36.4 Å². The summed E-state index contributed by atoms with van der Waals surface area (Å²) in [6.07, 6.45) is 3.42. The number of fused-ring (bicyclic) bond motifs is 2. The molecule has 7 heteroatoms. The number of anilines is 1. The first-order chi connectivity index (χ1) is 15.9. The molecule has 2 amide bonds. The summed E-state index contributed by atoms with van der Waals surface area (Å²) in [6.45, 7) is 5.27. The van der Waals surface area contributed by atoms with Crippen LogP contribution >= 0.6 is 11.6 Å². The van der Waals surface area contributed by atoms with Crippen LogP contribution < -0.4 is 5.32 Å². The van der Waals surface area contributed by atoms with Gasteiger partial charge in [0.2, 0.25) is 0 Å². The average molecular weight is 464 g/mol. The van der Waals surface area contributed by atoms with Crippen LogP contribution in [-0.2, 0) is 11.2 Å². The summed E-state index contributed by atoms with van der Waals surface area (Å²) in [7, 11) is 0. The van der Waals surface area contributed by atoms with E-state index in [0.29, 0.717) is 45.1 Å². The van der Waals surface area contributed by atoms with E-state index in [-0.39, 0.29) is 11.8 Å². The number of nitrogens with one attached hydrogen (secondary N) is 2. The molecule has 2 aliphatic heterocycles. The number of hydrogen-bond donors (Lipinski definition) is 2. The van der Waals surface area contributed by atoms with Gasteiger partial charge in [0.1, 0.15) is 5.82 Å². The van der Waals surface area contributed by atoms with Crippen LogP contribution in [-0.4, -0.2) is 34.8 Å². The van der Waals surface area contributed by atoms with Crippen LogP contribution in [0.25, 0.3) is 22.8 Å². The number of halogens is 2. The Morgan fingerprint density at radius 3 is 2.73 bits per heavy atom. The van der Waals surface area contributed by atoms with Gasteiger partial charge in [-0.3, -0.25) is 9.59 Å². The standard InChI is InChI=1S/C26H23ClFN3O2/c1-3-31-11-5-8-20-23(26(31)33)14(2)22(29-20)13-18-24-17(6-4-7-21(24)30-25(18)32)16-10-9-15(27)12-19(16)28/h4,6-7,9-10,12-13,29H,3,5,8,11H2,1-2H3,(H,30,32)/b18-13-. The number of nitrogens with zero attached hydrogens (tertiary/aromatic N) is 1. The molecule has 0 saturated carbocycles. The molecule has 2 aromatic carbocycles. The highest BCUT2D eigenvalue weighted by Gasteiger charge is 2.30. The maximum Gasteiger partial charge on any atom is 0.256 e. The summed E-state index contributed by atoms with van der Waals surface area (Å²) < 4.78 is 14.8. The molecule has 0 unspecified atom stereocenters. The number of aryl methyl sites for hydroxylation is 1. The van der Waals surface area contributed by atoms with E-state index in [1.54, 1.807) is 36.4 Å². The summed E-state index contributed by atoms with van der Waals surface area (Å²) in [5, 5.41) is 3.19. The van der Waals surface area contributed by atoms with Gasteiger partial charge in [0.15, 0.2) is 0 Å². The lowest BCUT2D eigenvalue weighted by molar-refractivity contribution is -0.110. The minimum atomic E-state index is -0.456. The van der Waals surface area contributed by atoms with E-state index in [2.05, 4.69) is 10.3 Å². The van der Waals surface area contributed by atoms with Crippen LogP contribution in [0.2, 0.25) is 5.02 Å². The van der Waals surface area contributed by atoms with Crippen molar-refractivity contribution >= 4 is 40.8 Å². The maximum absolute atomic E-state index is 14.8. The summed E-state index contributed by atoms with van der Waals surface area (Å²) >= 11 is 5.94. The molecule has 1 aromatic heterocycles. The minimum Gasteiger partial charge on any atom is -0.358 e. The lowest BCUT2D eigenvalue weighted by Crippen LogP contribution is -2.30. The van der Waals surface area contributed by atoms with Gasteiger partial charge >= 0.3 is 0 Å². The molecule has 33 heavy (non-hydrogen) atoms. The normalized spacial score (nSPS) is 16.6.